The van der Waals surface area contributed by atoms with Gasteiger partial charge in [0.05, 0.1) is 11.9 Å². The summed E-state index contributed by atoms with van der Waals surface area (Å²) in [6, 6.07) is 0. The van der Waals surface area contributed by atoms with Crippen LogP contribution in [0.2, 0.25) is 0 Å². The number of carbonyl (C=O) groups excluding carboxylic acids is 1. The van der Waals surface area contributed by atoms with Crippen molar-refractivity contribution in [2.45, 2.75) is 26.4 Å². The quantitative estimate of drug-likeness (QED) is 0.632. The number of sulfonamides is 1. The first-order valence-corrected chi connectivity index (χ1v) is 5.98. The van der Waals surface area contributed by atoms with Gasteiger partial charge in [0.15, 0.2) is 0 Å². The molecule has 0 saturated carbocycles. The molecule has 0 aliphatic heterocycles. The van der Waals surface area contributed by atoms with E-state index in [1.54, 1.807) is 13.8 Å². The molecule has 0 spiro atoms. The molecule has 0 aromatic heterocycles. The van der Waals surface area contributed by atoms with Crippen molar-refractivity contribution in [2.75, 3.05) is 12.3 Å². The van der Waals surface area contributed by atoms with Crippen molar-refractivity contribution in [3.05, 3.63) is 0 Å². The topological polar surface area (TPSA) is 98.5 Å². The molecule has 1 amide bonds. The Morgan fingerprint density at radius 2 is 2.07 bits per heavy atom. The lowest BCUT2D eigenvalue weighted by Gasteiger charge is -2.08. The third-order valence-electron chi connectivity index (χ3n) is 1.22. The average Bonchev–Trinajstić information content (AvgIpc) is 1.95. The lowest BCUT2D eigenvalue weighted by Crippen LogP contribution is -2.29. The minimum Gasteiger partial charge on any atom is -0.447 e. The maximum absolute atomic E-state index is 10.9. The molecule has 0 aliphatic rings. The normalized spacial score (nSPS) is 11.4. The van der Waals surface area contributed by atoms with E-state index < -0.39 is 16.1 Å². The van der Waals surface area contributed by atoms with Gasteiger partial charge < -0.3 is 10.1 Å². The van der Waals surface area contributed by atoms with Crippen LogP contribution in [0.15, 0.2) is 0 Å². The largest absolute Gasteiger partial charge is 0.447 e. The standard InChI is InChI=1S/C7H16N2O4S/c1-6(2)13-7(10)9-4-3-5-14(8,11)12/h6H,3-5H2,1-2H3,(H,9,10)(H2,8,11,12). The first-order valence-electron chi connectivity index (χ1n) is 4.26. The molecular formula is C7H16N2O4S. The van der Waals surface area contributed by atoms with Crippen molar-refractivity contribution >= 4 is 16.1 Å². The highest BCUT2D eigenvalue weighted by Gasteiger charge is 2.05. The lowest BCUT2D eigenvalue weighted by atomic mass is 10.5. The predicted octanol–water partition coefficient (Wildman–Crippen LogP) is -0.200. The second-order valence-electron chi connectivity index (χ2n) is 3.10. The fourth-order valence-electron chi connectivity index (χ4n) is 0.720. The molecule has 0 radical (unpaired) electrons. The number of nitrogens with one attached hydrogen (secondary N) is 1. The zero-order chi connectivity index (χ0) is 11.2. The van der Waals surface area contributed by atoms with Crippen LogP contribution >= 0.6 is 0 Å². The Morgan fingerprint density at radius 3 is 2.50 bits per heavy atom. The summed E-state index contributed by atoms with van der Waals surface area (Å²) in [6.07, 6.45) is -0.450. The minimum atomic E-state index is -3.44. The lowest BCUT2D eigenvalue weighted by molar-refractivity contribution is 0.115. The monoisotopic (exact) mass is 224 g/mol. The summed E-state index contributed by atoms with van der Waals surface area (Å²) in [5, 5.41) is 7.17. The van der Waals surface area contributed by atoms with Crippen LogP contribution in [0.4, 0.5) is 4.79 Å². The maximum atomic E-state index is 10.9. The highest BCUT2D eigenvalue weighted by atomic mass is 32.2. The Bertz CT molecular complexity index is 273. The highest BCUT2D eigenvalue weighted by Crippen LogP contribution is 1.89. The zero-order valence-electron chi connectivity index (χ0n) is 8.32. The maximum Gasteiger partial charge on any atom is 0.407 e. The summed E-state index contributed by atoms with van der Waals surface area (Å²) in [4.78, 5) is 10.9. The fourth-order valence-corrected chi connectivity index (χ4v) is 1.27. The molecule has 3 N–H and O–H groups in total. The SMILES string of the molecule is CC(C)OC(=O)NCCCS(N)(=O)=O. The summed E-state index contributed by atoms with van der Waals surface area (Å²) < 4.78 is 25.7. The molecule has 84 valence electrons. The van der Waals surface area contributed by atoms with Crippen molar-refractivity contribution in [2.24, 2.45) is 5.14 Å². The van der Waals surface area contributed by atoms with Gasteiger partial charge in [-0.1, -0.05) is 0 Å². The second-order valence-corrected chi connectivity index (χ2v) is 4.84. The van der Waals surface area contributed by atoms with Gasteiger partial charge in [0.25, 0.3) is 0 Å². The molecule has 0 aromatic rings. The molecule has 0 aromatic carbocycles. The van der Waals surface area contributed by atoms with Gasteiger partial charge in [0.1, 0.15) is 0 Å². The van der Waals surface area contributed by atoms with Gasteiger partial charge in [-0.2, -0.15) is 0 Å². The number of carbonyl (C=O) groups is 1. The third kappa shape index (κ3) is 9.27. The molecular weight excluding hydrogens is 208 g/mol. The number of hydrogen-bond donors (Lipinski definition) is 2. The van der Waals surface area contributed by atoms with Crippen molar-refractivity contribution < 1.29 is 17.9 Å². The van der Waals surface area contributed by atoms with Gasteiger partial charge in [0, 0.05) is 6.54 Å². The van der Waals surface area contributed by atoms with Crippen LogP contribution in [0.1, 0.15) is 20.3 Å². The first-order chi connectivity index (χ1) is 6.31. The molecule has 0 fully saturated rings. The second kappa shape index (κ2) is 5.82. The molecule has 7 heteroatoms. The Kier molecular flexibility index (Phi) is 5.47. The number of alkyl carbamates (subject to hydrolysis) is 1. The summed E-state index contributed by atoms with van der Waals surface area (Å²) in [6.45, 7) is 3.69. The summed E-state index contributed by atoms with van der Waals surface area (Å²) in [5.74, 6) is -0.144. The van der Waals surface area contributed by atoms with Gasteiger partial charge in [-0.15, -0.1) is 0 Å². The molecule has 0 rings (SSSR count). The number of nitrogens with two attached hydrogens (primary N) is 1. The number of amides is 1. The molecule has 0 heterocycles. The van der Waals surface area contributed by atoms with E-state index in [0.29, 0.717) is 0 Å². The third-order valence-corrected chi connectivity index (χ3v) is 2.08. The summed E-state index contributed by atoms with van der Waals surface area (Å²) in [7, 11) is -3.44. The van der Waals surface area contributed by atoms with Crippen LogP contribution in [-0.2, 0) is 14.8 Å². The van der Waals surface area contributed by atoms with Crippen LogP contribution in [0.25, 0.3) is 0 Å². The Balaban J connectivity index is 3.51. The summed E-state index contributed by atoms with van der Waals surface area (Å²) >= 11 is 0. The smallest absolute Gasteiger partial charge is 0.407 e. The average molecular weight is 224 g/mol. The predicted molar refractivity (Wildman–Crippen MR) is 52.2 cm³/mol. The van der Waals surface area contributed by atoms with Crippen molar-refractivity contribution in [1.29, 1.82) is 0 Å². The van der Waals surface area contributed by atoms with Crippen LogP contribution < -0.4 is 10.5 Å². The van der Waals surface area contributed by atoms with E-state index in [9.17, 15) is 13.2 Å². The van der Waals surface area contributed by atoms with E-state index in [1.165, 1.54) is 0 Å². The molecule has 14 heavy (non-hydrogen) atoms. The Morgan fingerprint density at radius 1 is 1.50 bits per heavy atom. The highest BCUT2D eigenvalue weighted by molar-refractivity contribution is 7.89. The van der Waals surface area contributed by atoms with E-state index in [-0.39, 0.29) is 24.8 Å². The molecule has 0 atom stereocenters. The fraction of sp³-hybridized carbons (Fsp3) is 0.857. The van der Waals surface area contributed by atoms with Crippen molar-refractivity contribution in [1.82, 2.24) is 5.32 Å². The van der Waals surface area contributed by atoms with Gasteiger partial charge in [-0.25, -0.2) is 18.4 Å². The van der Waals surface area contributed by atoms with E-state index >= 15 is 0 Å². The van der Waals surface area contributed by atoms with Crippen LogP contribution in [0.5, 0.6) is 0 Å². The van der Waals surface area contributed by atoms with E-state index in [0.717, 1.165) is 0 Å². The van der Waals surface area contributed by atoms with E-state index in [4.69, 9.17) is 9.88 Å². The zero-order valence-corrected chi connectivity index (χ0v) is 9.13. The minimum absolute atomic E-state index is 0.144. The molecule has 0 saturated heterocycles. The first kappa shape index (κ1) is 13.2. The van der Waals surface area contributed by atoms with Crippen molar-refractivity contribution in [3.63, 3.8) is 0 Å². The number of rotatable bonds is 5. The van der Waals surface area contributed by atoms with Crippen molar-refractivity contribution in [3.8, 4) is 0 Å². The Hall–Kier alpha value is -0.820. The van der Waals surface area contributed by atoms with Gasteiger partial charge in [-0.05, 0) is 20.3 Å². The summed E-state index contributed by atoms with van der Waals surface area (Å²) in [5.41, 5.74) is 0. The molecule has 6 nitrogen and oxygen atoms in total. The molecule has 0 bridgehead atoms. The molecule has 0 unspecified atom stereocenters. The van der Waals surface area contributed by atoms with Crippen LogP contribution in [0, 0.1) is 0 Å². The van der Waals surface area contributed by atoms with E-state index in [2.05, 4.69) is 5.32 Å². The number of hydrogen-bond acceptors (Lipinski definition) is 4. The molecule has 0 aliphatic carbocycles. The van der Waals surface area contributed by atoms with E-state index in [1.807, 2.05) is 0 Å². The van der Waals surface area contributed by atoms with Gasteiger partial charge >= 0.3 is 6.09 Å². The van der Waals surface area contributed by atoms with Gasteiger partial charge in [-0.3, -0.25) is 0 Å². The number of ether oxygens (including phenoxy) is 1. The van der Waals surface area contributed by atoms with Crippen LogP contribution in [0.3, 0.4) is 0 Å². The van der Waals surface area contributed by atoms with Crippen LogP contribution in [-0.4, -0.2) is 32.9 Å². The van der Waals surface area contributed by atoms with Gasteiger partial charge in [0.2, 0.25) is 10.0 Å². The number of primary sulfonamides is 1. The Labute approximate surface area is 83.9 Å².